The van der Waals surface area contributed by atoms with Crippen LogP contribution >= 0.6 is 11.8 Å². The molecule has 0 aliphatic rings. The zero-order chi connectivity index (χ0) is 13.3. The summed E-state index contributed by atoms with van der Waals surface area (Å²) in [5, 5.41) is 7.82. The zero-order valence-electron chi connectivity index (χ0n) is 10.5. The third-order valence-corrected chi connectivity index (χ3v) is 3.41. The third-order valence-electron chi connectivity index (χ3n) is 2.51. The first-order valence-electron chi connectivity index (χ1n) is 5.56. The molecule has 0 atom stereocenters. The molecule has 0 radical (unpaired) electrons. The van der Waals surface area contributed by atoms with Crippen molar-refractivity contribution in [1.82, 2.24) is 19.7 Å². The first kappa shape index (κ1) is 12.7. The molecule has 0 saturated carbocycles. The molecule has 18 heavy (non-hydrogen) atoms. The molecule has 0 aliphatic carbocycles. The summed E-state index contributed by atoms with van der Waals surface area (Å²) in [5.41, 5.74) is 7.12. The van der Waals surface area contributed by atoms with Gasteiger partial charge >= 0.3 is 5.69 Å². The van der Waals surface area contributed by atoms with Crippen LogP contribution in [0.1, 0.15) is 25.5 Å². The molecule has 6 nitrogen and oxygen atoms in total. The number of anilines is 1. The molecule has 2 aromatic heterocycles. The predicted octanol–water partition coefficient (Wildman–Crippen LogP) is 1.59. The Balaban J connectivity index is 2.34. The molecule has 2 heterocycles. The van der Waals surface area contributed by atoms with Crippen LogP contribution in [0.5, 0.6) is 0 Å². The topological polar surface area (TPSA) is 89.6 Å². The van der Waals surface area contributed by atoms with Crippen molar-refractivity contribution in [3.63, 3.8) is 0 Å². The van der Waals surface area contributed by atoms with Crippen molar-refractivity contribution < 1.29 is 0 Å². The van der Waals surface area contributed by atoms with Crippen LogP contribution in [0.15, 0.2) is 27.2 Å². The Labute approximate surface area is 109 Å². The largest absolute Gasteiger partial charge is 0.397 e. The fourth-order valence-electron chi connectivity index (χ4n) is 1.51. The highest BCUT2D eigenvalue weighted by Gasteiger charge is 2.13. The van der Waals surface area contributed by atoms with Gasteiger partial charge in [-0.15, -0.1) is 5.10 Å². The fraction of sp³-hybridized carbons (Fsp3) is 0.364. The third kappa shape index (κ3) is 2.40. The van der Waals surface area contributed by atoms with Crippen LogP contribution < -0.4 is 11.4 Å². The van der Waals surface area contributed by atoms with E-state index in [0.29, 0.717) is 10.8 Å². The van der Waals surface area contributed by atoms with E-state index in [1.54, 1.807) is 10.8 Å². The maximum atomic E-state index is 11.6. The highest BCUT2D eigenvalue weighted by Crippen LogP contribution is 2.26. The van der Waals surface area contributed by atoms with E-state index >= 15 is 0 Å². The van der Waals surface area contributed by atoms with Gasteiger partial charge in [-0.25, -0.2) is 14.9 Å². The molecule has 0 unspecified atom stereocenters. The smallest absolute Gasteiger partial charge is 0.344 e. The number of nitrogens with one attached hydrogen (secondary N) is 1. The van der Waals surface area contributed by atoms with Gasteiger partial charge in [-0.05, 0) is 44.2 Å². The summed E-state index contributed by atoms with van der Waals surface area (Å²) in [6.45, 7) is 5.78. The number of rotatable bonds is 3. The minimum absolute atomic E-state index is 0.0497. The molecular weight excluding hydrogens is 250 g/mol. The average molecular weight is 265 g/mol. The Morgan fingerprint density at radius 1 is 1.50 bits per heavy atom. The minimum atomic E-state index is -0.209. The molecular formula is C11H15N5OS. The lowest BCUT2D eigenvalue weighted by Crippen LogP contribution is -2.19. The predicted molar refractivity (Wildman–Crippen MR) is 70.7 cm³/mol. The molecule has 0 amide bonds. The molecule has 2 rings (SSSR count). The zero-order valence-corrected chi connectivity index (χ0v) is 11.3. The summed E-state index contributed by atoms with van der Waals surface area (Å²) in [6, 6.07) is 1.93. The number of aromatic nitrogens is 4. The highest BCUT2D eigenvalue weighted by molar-refractivity contribution is 7.99. The normalized spacial score (nSPS) is 11.1. The summed E-state index contributed by atoms with van der Waals surface area (Å²) < 4.78 is 1.60. The summed E-state index contributed by atoms with van der Waals surface area (Å²) in [7, 11) is 0. The second kappa shape index (κ2) is 4.85. The van der Waals surface area contributed by atoms with E-state index in [2.05, 4.69) is 15.2 Å². The molecule has 0 fully saturated rings. The Bertz CT molecular complexity index is 616. The number of nitrogens with zero attached hydrogens (tertiary/aromatic N) is 3. The number of pyridine rings is 1. The van der Waals surface area contributed by atoms with E-state index in [0.717, 1.165) is 10.6 Å². The summed E-state index contributed by atoms with van der Waals surface area (Å²) in [6.07, 6.45) is 1.61. The lowest BCUT2D eigenvalue weighted by molar-refractivity contribution is 0.534. The number of H-pyrrole nitrogens is 1. The van der Waals surface area contributed by atoms with E-state index in [4.69, 9.17) is 5.73 Å². The van der Waals surface area contributed by atoms with Crippen LogP contribution in [0, 0.1) is 6.92 Å². The monoisotopic (exact) mass is 265 g/mol. The van der Waals surface area contributed by atoms with Crippen molar-refractivity contribution in [2.75, 3.05) is 5.73 Å². The summed E-state index contributed by atoms with van der Waals surface area (Å²) in [4.78, 5) is 15.8. The van der Waals surface area contributed by atoms with Gasteiger partial charge in [-0.2, -0.15) is 0 Å². The van der Waals surface area contributed by atoms with E-state index in [-0.39, 0.29) is 11.7 Å². The van der Waals surface area contributed by atoms with Gasteiger partial charge in [-0.1, -0.05) is 0 Å². The van der Waals surface area contributed by atoms with Crippen molar-refractivity contribution in [1.29, 1.82) is 0 Å². The Morgan fingerprint density at radius 3 is 2.83 bits per heavy atom. The van der Waals surface area contributed by atoms with Crippen molar-refractivity contribution in [2.24, 2.45) is 0 Å². The van der Waals surface area contributed by atoms with Crippen LogP contribution in [-0.2, 0) is 0 Å². The van der Waals surface area contributed by atoms with Crippen LogP contribution in [0.25, 0.3) is 0 Å². The molecule has 96 valence electrons. The van der Waals surface area contributed by atoms with Crippen molar-refractivity contribution >= 4 is 17.4 Å². The van der Waals surface area contributed by atoms with Gasteiger partial charge in [0.25, 0.3) is 0 Å². The molecule has 3 N–H and O–H groups in total. The lowest BCUT2D eigenvalue weighted by atomic mass is 10.3. The molecule has 0 saturated heterocycles. The quantitative estimate of drug-likeness (QED) is 0.879. The van der Waals surface area contributed by atoms with Gasteiger partial charge in [0, 0.05) is 6.04 Å². The maximum Gasteiger partial charge on any atom is 0.344 e. The maximum absolute atomic E-state index is 11.6. The number of nitrogen functional groups attached to an aromatic ring is 1. The minimum Gasteiger partial charge on any atom is -0.397 e. The van der Waals surface area contributed by atoms with Crippen LogP contribution in [0.3, 0.4) is 0 Å². The SMILES string of the molecule is Cc1cc(Sc2n[nH]c(=O)n2C(C)C)ncc1N. The van der Waals surface area contributed by atoms with Crippen LogP contribution in [0.2, 0.25) is 0 Å². The van der Waals surface area contributed by atoms with Gasteiger partial charge < -0.3 is 5.73 Å². The number of aryl methyl sites for hydroxylation is 1. The van der Waals surface area contributed by atoms with Gasteiger partial charge in [0.15, 0.2) is 5.16 Å². The van der Waals surface area contributed by atoms with Gasteiger partial charge in [0.2, 0.25) is 0 Å². The van der Waals surface area contributed by atoms with Crippen LogP contribution in [-0.4, -0.2) is 19.7 Å². The van der Waals surface area contributed by atoms with E-state index in [9.17, 15) is 4.79 Å². The molecule has 0 bridgehead atoms. The Hall–Kier alpha value is -1.76. The summed E-state index contributed by atoms with van der Waals surface area (Å²) in [5.74, 6) is 0. The van der Waals surface area contributed by atoms with E-state index in [1.807, 2.05) is 26.8 Å². The van der Waals surface area contributed by atoms with Crippen molar-refractivity contribution in [3.05, 3.63) is 28.3 Å². The average Bonchev–Trinajstić information content (AvgIpc) is 2.65. The van der Waals surface area contributed by atoms with E-state index < -0.39 is 0 Å². The lowest BCUT2D eigenvalue weighted by Gasteiger charge is -2.08. The molecule has 0 aromatic carbocycles. The number of hydrogen-bond donors (Lipinski definition) is 2. The molecule has 0 spiro atoms. The first-order valence-corrected chi connectivity index (χ1v) is 6.37. The number of hydrogen-bond acceptors (Lipinski definition) is 5. The molecule has 7 heteroatoms. The number of nitrogens with two attached hydrogens (primary N) is 1. The molecule has 0 aliphatic heterocycles. The molecule has 2 aromatic rings. The van der Waals surface area contributed by atoms with Crippen molar-refractivity contribution in [3.8, 4) is 0 Å². The fourth-order valence-corrected chi connectivity index (χ4v) is 2.52. The number of aromatic amines is 1. The Morgan fingerprint density at radius 2 is 2.22 bits per heavy atom. The van der Waals surface area contributed by atoms with Gasteiger partial charge in [0.1, 0.15) is 5.03 Å². The highest BCUT2D eigenvalue weighted by atomic mass is 32.2. The standard InChI is InChI=1S/C11H15N5OS/c1-6(2)16-10(17)14-15-11(16)18-9-4-7(3)8(12)5-13-9/h4-6H,12H2,1-3H3,(H,14,17). The Kier molecular flexibility index (Phi) is 3.42. The first-order chi connectivity index (χ1) is 8.49. The van der Waals surface area contributed by atoms with Gasteiger partial charge in [-0.3, -0.25) is 4.57 Å². The second-order valence-corrected chi connectivity index (χ2v) is 5.24. The van der Waals surface area contributed by atoms with Crippen molar-refractivity contribution in [2.45, 2.75) is 37.0 Å². The van der Waals surface area contributed by atoms with Gasteiger partial charge in [0.05, 0.1) is 11.9 Å². The van der Waals surface area contributed by atoms with Crippen LogP contribution in [0.4, 0.5) is 5.69 Å². The van der Waals surface area contributed by atoms with E-state index in [1.165, 1.54) is 11.8 Å². The summed E-state index contributed by atoms with van der Waals surface area (Å²) >= 11 is 1.34. The second-order valence-electron chi connectivity index (χ2n) is 4.26.